The van der Waals surface area contributed by atoms with Crippen LogP contribution in [0.15, 0.2) is 27.6 Å². The molecule has 0 saturated carbocycles. The second-order valence-electron chi connectivity index (χ2n) is 3.43. The van der Waals surface area contributed by atoms with Gasteiger partial charge in [-0.25, -0.2) is 13.1 Å². The van der Waals surface area contributed by atoms with Crippen LogP contribution in [0.1, 0.15) is 13.3 Å². The molecule has 3 nitrogen and oxygen atoms in total. The average molecular weight is 361 g/mol. The van der Waals surface area contributed by atoms with Crippen molar-refractivity contribution < 1.29 is 8.42 Å². The van der Waals surface area contributed by atoms with E-state index in [2.05, 4.69) is 20.7 Å². The van der Waals surface area contributed by atoms with E-state index in [1.54, 1.807) is 6.07 Å². The van der Waals surface area contributed by atoms with Crippen molar-refractivity contribution in [2.75, 3.05) is 6.54 Å². The first-order valence-electron chi connectivity index (χ1n) is 4.95. The Morgan fingerprint density at radius 1 is 1.47 bits per heavy atom. The predicted octanol–water partition coefficient (Wildman–Crippen LogP) is 3.40. The van der Waals surface area contributed by atoms with E-state index in [0.29, 0.717) is 6.42 Å². The monoisotopic (exact) mass is 359 g/mol. The fraction of sp³-hybridized carbons (Fsp3) is 0.400. The topological polar surface area (TPSA) is 46.2 Å². The highest BCUT2D eigenvalue weighted by atomic mass is 79.9. The van der Waals surface area contributed by atoms with Gasteiger partial charge in [-0.2, -0.15) is 0 Å². The number of rotatable bonds is 5. The number of hydrogen-bond acceptors (Lipinski definition) is 2. The van der Waals surface area contributed by atoms with E-state index < -0.39 is 10.0 Å². The summed E-state index contributed by atoms with van der Waals surface area (Å²) in [7, 11) is -3.60. The molecule has 0 fully saturated rings. The van der Waals surface area contributed by atoms with E-state index in [0.717, 1.165) is 4.47 Å². The van der Waals surface area contributed by atoms with Crippen molar-refractivity contribution in [1.29, 1.82) is 0 Å². The van der Waals surface area contributed by atoms with Crippen molar-refractivity contribution in [2.45, 2.75) is 23.6 Å². The average Bonchev–Trinajstić information content (AvgIpc) is 2.25. The second kappa shape index (κ2) is 6.38. The van der Waals surface area contributed by atoms with Crippen LogP contribution >= 0.6 is 39.1 Å². The van der Waals surface area contributed by atoms with Gasteiger partial charge >= 0.3 is 0 Å². The van der Waals surface area contributed by atoms with Crippen LogP contribution in [0.5, 0.6) is 0 Å². The molecule has 0 aliphatic carbocycles. The Bertz CT molecular complexity index is 493. The van der Waals surface area contributed by atoms with Crippen LogP contribution in [0.3, 0.4) is 0 Å². The zero-order chi connectivity index (χ0) is 13.1. The van der Waals surface area contributed by atoms with Gasteiger partial charge in [-0.05, 0) is 24.6 Å². The highest BCUT2D eigenvalue weighted by Crippen LogP contribution is 2.25. The Hall–Kier alpha value is 0.190. The molecule has 1 rings (SSSR count). The lowest BCUT2D eigenvalue weighted by Gasteiger charge is -2.10. The van der Waals surface area contributed by atoms with Crippen molar-refractivity contribution in [1.82, 2.24) is 4.72 Å². The molecule has 0 saturated heterocycles. The molecule has 1 N–H and O–H groups in total. The van der Waals surface area contributed by atoms with E-state index in [1.807, 2.05) is 6.92 Å². The maximum absolute atomic E-state index is 11.9. The fourth-order valence-corrected chi connectivity index (χ4v) is 3.40. The van der Waals surface area contributed by atoms with Crippen molar-refractivity contribution in [3.8, 4) is 0 Å². The predicted molar refractivity (Wildman–Crippen MR) is 74.3 cm³/mol. The lowest BCUT2D eigenvalue weighted by atomic mass is 10.3. The van der Waals surface area contributed by atoms with Gasteiger partial charge in [-0.15, -0.1) is 11.6 Å². The lowest BCUT2D eigenvalue weighted by molar-refractivity contribution is 0.579. The molecule has 0 aliphatic rings. The summed E-state index contributed by atoms with van der Waals surface area (Å²) in [6.45, 7) is 2.07. The highest BCUT2D eigenvalue weighted by molar-refractivity contribution is 9.10. The van der Waals surface area contributed by atoms with Crippen LogP contribution in [0.2, 0.25) is 5.02 Å². The zero-order valence-corrected chi connectivity index (χ0v) is 13.0. The molecule has 0 spiro atoms. The van der Waals surface area contributed by atoms with E-state index in [1.165, 1.54) is 12.1 Å². The number of hydrogen-bond donors (Lipinski definition) is 1. The second-order valence-corrected chi connectivity index (χ2v) is 7.11. The minimum Gasteiger partial charge on any atom is -0.210 e. The normalized spacial score (nSPS) is 13.6. The van der Waals surface area contributed by atoms with Gasteiger partial charge in [-0.1, -0.05) is 34.5 Å². The van der Waals surface area contributed by atoms with Crippen LogP contribution in [0.25, 0.3) is 0 Å². The van der Waals surface area contributed by atoms with Crippen LogP contribution in [-0.4, -0.2) is 20.3 Å². The van der Waals surface area contributed by atoms with E-state index in [4.69, 9.17) is 23.2 Å². The standard InChI is InChI=1S/C10H12BrCl2NO2S/c1-2-8(12)6-14-17(15,16)10-4-3-7(11)5-9(10)13/h3-5,8,14H,2,6H2,1H3. The molecule has 1 atom stereocenters. The third kappa shape index (κ3) is 4.41. The Balaban J connectivity index is 2.90. The summed E-state index contributed by atoms with van der Waals surface area (Å²) in [5.41, 5.74) is 0. The van der Waals surface area contributed by atoms with Gasteiger partial charge < -0.3 is 0 Å². The molecule has 7 heteroatoms. The van der Waals surface area contributed by atoms with Gasteiger partial charge in [0.1, 0.15) is 4.90 Å². The van der Waals surface area contributed by atoms with Crippen molar-refractivity contribution in [2.24, 2.45) is 0 Å². The molecule has 1 aromatic rings. The first-order valence-corrected chi connectivity index (χ1v) is 8.04. The molecular formula is C10H12BrCl2NO2S. The summed E-state index contributed by atoms with van der Waals surface area (Å²) >= 11 is 15.0. The third-order valence-corrected chi connectivity index (χ3v) is 4.98. The zero-order valence-electron chi connectivity index (χ0n) is 9.08. The number of alkyl halides is 1. The molecule has 17 heavy (non-hydrogen) atoms. The Morgan fingerprint density at radius 3 is 2.65 bits per heavy atom. The molecule has 0 radical (unpaired) electrons. The van der Waals surface area contributed by atoms with Crippen LogP contribution in [0.4, 0.5) is 0 Å². The third-order valence-electron chi connectivity index (χ3n) is 2.12. The Kier molecular flexibility index (Phi) is 5.73. The number of halogens is 3. The molecule has 0 heterocycles. The maximum Gasteiger partial charge on any atom is 0.242 e. The SMILES string of the molecule is CCC(Cl)CNS(=O)(=O)c1ccc(Br)cc1Cl. The van der Waals surface area contributed by atoms with E-state index >= 15 is 0 Å². The molecule has 0 aromatic heterocycles. The van der Waals surface area contributed by atoms with E-state index in [9.17, 15) is 8.42 Å². The molecule has 0 bridgehead atoms. The number of benzene rings is 1. The minimum atomic E-state index is -3.60. The number of sulfonamides is 1. The van der Waals surface area contributed by atoms with Crippen molar-refractivity contribution in [3.63, 3.8) is 0 Å². The minimum absolute atomic E-state index is 0.0577. The molecule has 96 valence electrons. The summed E-state index contributed by atoms with van der Waals surface area (Å²) in [5.74, 6) is 0. The quantitative estimate of drug-likeness (QED) is 0.818. The maximum atomic E-state index is 11.9. The molecule has 1 unspecified atom stereocenters. The van der Waals surface area contributed by atoms with Gasteiger partial charge in [0.25, 0.3) is 0 Å². The summed E-state index contributed by atoms with van der Waals surface area (Å²) in [6, 6.07) is 4.61. The van der Waals surface area contributed by atoms with Gasteiger partial charge in [-0.3, -0.25) is 0 Å². The van der Waals surface area contributed by atoms with Gasteiger partial charge in [0, 0.05) is 16.4 Å². The van der Waals surface area contributed by atoms with Gasteiger partial charge in [0.2, 0.25) is 10.0 Å². The fourth-order valence-electron chi connectivity index (χ4n) is 1.12. The van der Waals surface area contributed by atoms with Crippen molar-refractivity contribution >= 4 is 49.2 Å². The Morgan fingerprint density at radius 2 is 2.12 bits per heavy atom. The van der Waals surface area contributed by atoms with Gasteiger partial charge in [0.05, 0.1) is 5.02 Å². The van der Waals surface area contributed by atoms with Crippen LogP contribution in [-0.2, 0) is 10.0 Å². The lowest BCUT2D eigenvalue weighted by Crippen LogP contribution is -2.29. The van der Waals surface area contributed by atoms with Crippen molar-refractivity contribution in [3.05, 3.63) is 27.7 Å². The number of nitrogens with one attached hydrogen (secondary N) is 1. The summed E-state index contributed by atoms with van der Waals surface area (Å²) in [4.78, 5) is 0.0577. The first-order chi connectivity index (χ1) is 7.86. The molecule has 1 aromatic carbocycles. The van der Waals surface area contributed by atoms with Crippen LogP contribution in [0, 0.1) is 0 Å². The summed E-state index contributed by atoms with van der Waals surface area (Å²) < 4.78 is 27.0. The molecule has 0 aliphatic heterocycles. The Labute approximate surface area is 120 Å². The van der Waals surface area contributed by atoms with E-state index in [-0.39, 0.29) is 21.8 Å². The smallest absolute Gasteiger partial charge is 0.210 e. The first kappa shape index (κ1) is 15.2. The van der Waals surface area contributed by atoms with Crippen LogP contribution < -0.4 is 4.72 Å². The molecular weight excluding hydrogens is 349 g/mol. The molecule has 0 amide bonds. The highest BCUT2D eigenvalue weighted by Gasteiger charge is 2.18. The summed E-state index contributed by atoms with van der Waals surface area (Å²) in [6.07, 6.45) is 0.693. The summed E-state index contributed by atoms with van der Waals surface area (Å²) in [5, 5.41) is -0.0477. The largest absolute Gasteiger partial charge is 0.242 e. The van der Waals surface area contributed by atoms with Gasteiger partial charge in [0.15, 0.2) is 0 Å².